The molecule has 0 saturated carbocycles. The van der Waals surface area contributed by atoms with Crippen LogP contribution in [0.3, 0.4) is 0 Å². The Morgan fingerprint density at radius 3 is 2.56 bits per heavy atom. The number of likely N-dealkylation sites (tertiary alicyclic amines) is 1. The van der Waals surface area contributed by atoms with E-state index in [4.69, 9.17) is 0 Å². The van der Waals surface area contributed by atoms with Crippen LogP contribution >= 0.6 is 0 Å². The summed E-state index contributed by atoms with van der Waals surface area (Å²) in [5, 5.41) is 6.75. The van der Waals surface area contributed by atoms with Gasteiger partial charge in [-0.2, -0.15) is 5.10 Å². The van der Waals surface area contributed by atoms with Crippen LogP contribution < -0.4 is 5.69 Å². The van der Waals surface area contributed by atoms with Crippen molar-refractivity contribution in [3.05, 3.63) is 40.8 Å². The second-order valence-corrected chi connectivity index (χ2v) is 6.67. The summed E-state index contributed by atoms with van der Waals surface area (Å²) < 4.78 is 3.71. The molecule has 2 aromatic rings. The van der Waals surface area contributed by atoms with Crippen molar-refractivity contribution in [1.29, 1.82) is 0 Å². The van der Waals surface area contributed by atoms with E-state index in [1.54, 1.807) is 4.57 Å². The van der Waals surface area contributed by atoms with Crippen LogP contribution in [-0.4, -0.2) is 43.2 Å². The van der Waals surface area contributed by atoms with E-state index in [0.29, 0.717) is 6.54 Å². The molecule has 3 heterocycles. The summed E-state index contributed by atoms with van der Waals surface area (Å²) in [6.07, 6.45) is 7.45. The van der Waals surface area contributed by atoms with Crippen molar-refractivity contribution in [2.45, 2.75) is 58.0 Å². The summed E-state index contributed by atoms with van der Waals surface area (Å²) in [4.78, 5) is 26.7. The van der Waals surface area contributed by atoms with Gasteiger partial charge in [0.15, 0.2) is 0 Å². The van der Waals surface area contributed by atoms with E-state index in [1.807, 2.05) is 40.9 Å². The minimum Gasteiger partial charge on any atom is -0.342 e. The molecule has 1 aliphatic rings. The number of carbonyl (C=O) groups excluding carboxylic acids is 1. The third-order valence-electron chi connectivity index (χ3n) is 5.11. The van der Waals surface area contributed by atoms with Crippen molar-refractivity contribution in [1.82, 2.24) is 24.2 Å². The second-order valence-electron chi connectivity index (χ2n) is 6.67. The summed E-state index contributed by atoms with van der Waals surface area (Å²) in [6.45, 7) is 6.12. The summed E-state index contributed by atoms with van der Waals surface area (Å²) in [7, 11) is 0. The average molecular weight is 345 g/mol. The van der Waals surface area contributed by atoms with Gasteiger partial charge in [0.05, 0.1) is 0 Å². The number of nitrogens with one attached hydrogen (secondary N) is 1. The highest BCUT2D eigenvalue weighted by atomic mass is 16.2. The molecule has 1 atom stereocenters. The van der Waals surface area contributed by atoms with Gasteiger partial charge in [0.25, 0.3) is 0 Å². The first-order valence-electron chi connectivity index (χ1n) is 9.22. The standard InChI is InChI=1S/C18H27N5O2/c1-3-7-15(21-10-5-6-11-21)17(24)22-12-8-14(9-13-22)16-19-20-18(25)23(16)4-2/h5-6,10-11,14-15H,3-4,7-9,12-13H2,1-2H3,(H,20,25). The van der Waals surface area contributed by atoms with E-state index < -0.39 is 0 Å². The van der Waals surface area contributed by atoms with E-state index in [-0.39, 0.29) is 23.6 Å². The van der Waals surface area contributed by atoms with Gasteiger partial charge < -0.3 is 9.47 Å². The molecule has 0 radical (unpaired) electrons. The van der Waals surface area contributed by atoms with Crippen LogP contribution in [-0.2, 0) is 11.3 Å². The second kappa shape index (κ2) is 7.72. The zero-order valence-corrected chi connectivity index (χ0v) is 15.0. The molecule has 1 unspecified atom stereocenters. The molecule has 1 aliphatic heterocycles. The molecule has 3 rings (SSSR count). The predicted octanol–water partition coefficient (Wildman–Crippen LogP) is 2.14. The normalized spacial score (nSPS) is 17.0. The van der Waals surface area contributed by atoms with Gasteiger partial charge in [-0.15, -0.1) is 0 Å². The lowest BCUT2D eigenvalue weighted by Crippen LogP contribution is -2.42. The van der Waals surface area contributed by atoms with Crippen LogP contribution in [0.5, 0.6) is 0 Å². The summed E-state index contributed by atoms with van der Waals surface area (Å²) in [5.41, 5.74) is -0.147. The minimum absolute atomic E-state index is 0.115. The molecule has 1 N–H and O–H groups in total. The zero-order chi connectivity index (χ0) is 17.8. The fourth-order valence-electron chi connectivity index (χ4n) is 3.75. The number of hydrogen-bond acceptors (Lipinski definition) is 3. The van der Waals surface area contributed by atoms with Gasteiger partial charge in [-0.3, -0.25) is 9.36 Å². The van der Waals surface area contributed by atoms with Crippen molar-refractivity contribution in [3.63, 3.8) is 0 Å². The Kier molecular flexibility index (Phi) is 5.40. The van der Waals surface area contributed by atoms with Crippen LogP contribution in [0, 0.1) is 0 Å². The lowest BCUT2D eigenvalue weighted by molar-refractivity contribution is -0.136. The highest BCUT2D eigenvalue weighted by molar-refractivity contribution is 5.80. The quantitative estimate of drug-likeness (QED) is 0.871. The van der Waals surface area contributed by atoms with E-state index in [1.165, 1.54) is 0 Å². The molecule has 136 valence electrons. The van der Waals surface area contributed by atoms with Crippen LogP contribution in [0.1, 0.15) is 57.3 Å². The maximum absolute atomic E-state index is 13.0. The van der Waals surface area contributed by atoms with Crippen LogP contribution in [0.2, 0.25) is 0 Å². The number of amides is 1. The molecule has 0 bridgehead atoms. The van der Waals surface area contributed by atoms with Gasteiger partial charge in [-0.05, 0) is 38.3 Å². The predicted molar refractivity (Wildman–Crippen MR) is 95.5 cm³/mol. The first kappa shape index (κ1) is 17.5. The number of carbonyl (C=O) groups is 1. The number of rotatable bonds is 6. The Balaban J connectivity index is 1.67. The lowest BCUT2D eigenvalue weighted by atomic mass is 9.95. The Morgan fingerprint density at radius 2 is 1.96 bits per heavy atom. The smallest absolute Gasteiger partial charge is 0.342 e. The SMILES string of the molecule is CCCC(C(=O)N1CCC(c2n[nH]c(=O)n2CC)CC1)n1cccc1. The Hall–Kier alpha value is -2.31. The highest BCUT2D eigenvalue weighted by Crippen LogP contribution is 2.28. The molecule has 1 fully saturated rings. The fourth-order valence-corrected chi connectivity index (χ4v) is 3.75. The summed E-state index contributed by atoms with van der Waals surface area (Å²) >= 11 is 0. The van der Waals surface area contributed by atoms with Crippen LogP contribution in [0.25, 0.3) is 0 Å². The molecule has 7 nitrogen and oxygen atoms in total. The number of aromatic amines is 1. The van der Waals surface area contributed by atoms with Crippen molar-refractivity contribution >= 4 is 5.91 Å². The maximum atomic E-state index is 13.0. The monoisotopic (exact) mass is 345 g/mol. The van der Waals surface area contributed by atoms with Gasteiger partial charge in [-0.25, -0.2) is 9.89 Å². The number of hydrogen-bond donors (Lipinski definition) is 1. The summed E-state index contributed by atoms with van der Waals surface area (Å²) in [5.74, 6) is 1.26. The van der Waals surface area contributed by atoms with Gasteiger partial charge in [0.1, 0.15) is 11.9 Å². The Morgan fingerprint density at radius 1 is 1.28 bits per heavy atom. The van der Waals surface area contributed by atoms with E-state index in [0.717, 1.165) is 44.6 Å². The first-order chi connectivity index (χ1) is 12.2. The van der Waals surface area contributed by atoms with E-state index >= 15 is 0 Å². The minimum atomic E-state index is -0.147. The van der Waals surface area contributed by atoms with E-state index in [9.17, 15) is 9.59 Å². The summed E-state index contributed by atoms with van der Waals surface area (Å²) in [6, 6.07) is 3.81. The Bertz CT molecular complexity index is 738. The average Bonchev–Trinajstić information content (AvgIpc) is 3.29. The van der Waals surface area contributed by atoms with Crippen molar-refractivity contribution < 1.29 is 4.79 Å². The molecular formula is C18H27N5O2. The fraction of sp³-hybridized carbons (Fsp3) is 0.611. The molecule has 25 heavy (non-hydrogen) atoms. The van der Waals surface area contributed by atoms with Crippen LogP contribution in [0.15, 0.2) is 29.3 Å². The molecule has 1 saturated heterocycles. The topological polar surface area (TPSA) is 75.9 Å². The Labute approximate surface area is 147 Å². The largest absolute Gasteiger partial charge is 0.343 e. The highest BCUT2D eigenvalue weighted by Gasteiger charge is 2.30. The van der Waals surface area contributed by atoms with Crippen molar-refractivity contribution in [3.8, 4) is 0 Å². The van der Waals surface area contributed by atoms with Gasteiger partial charge >= 0.3 is 5.69 Å². The molecule has 0 aromatic carbocycles. The third kappa shape index (κ3) is 3.55. The van der Waals surface area contributed by atoms with Gasteiger partial charge in [-0.1, -0.05) is 13.3 Å². The molecule has 1 amide bonds. The molecular weight excluding hydrogens is 318 g/mol. The van der Waals surface area contributed by atoms with Crippen molar-refractivity contribution in [2.75, 3.05) is 13.1 Å². The third-order valence-corrected chi connectivity index (χ3v) is 5.11. The molecule has 0 spiro atoms. The lowest BCUT2D eigenvalue weighted by Gasteiger charge is -2.34. The van der Waals surface area contributed by atoms with Crippen molar-refractivity contribution in [2.24, 2.45) is 0 Å². The zero-order valence-electron chi connectivity index (χ0n) is 15.0. The van der Waals surface area contributed by atoms with Gasteiger partial charge in [0, 0.05) is 37.9 Å². The van der Waals surface area contributed by atoms with Gasteiger partial charge in [0.2, 0.25) is 5.91 Å². The molecule has 2 aromatic heterocycles. The molecule has 0 aliphatic carbocycles. The number of aromatic nitrogens is 4. The van der Waals surface area contributed by atoms with E-state index in [2.05, 4.69) is 17.1 Å². The van der Waals surface area contributed by atoms with Crippen LogP contribution in [0.4, 0.5) is 0 Å². The maximum Gasteiger partial charge on any atom is 0.343 e. The number of H-pyrrole nitrogens is 1. The first-order valence-corrected chi connectivity index (χ1v) is 9.22. The number of piperidine rings is 1. The molecule has 7 heteroatoms. The number of nitrogens with zero attached hydrogens (tertiary/aromatic N) is 4.